The predicted octanol–water partition coefficient (Wildman–Crippen LogP) is 1.26. The van der Waals surface area contributed by atoms with E-state index in [4.69, 9.17) is 0 Å². The van der Waals surface area contributed by atoms with Gasteiger partial charge in [0.05, 0.1) is 22.4 Å². The molecule has 1 aromatic heterocycles. The number of hydrogen-bond donors (Lipinski definition) is 2. The van der Waals surface area contributed by atoms with Gasteiger partial charge in [-0.05, 0) is 38.5 Å². The second-order valence-corrected chi connectivity index (χ2v) is 5.61. The number of aromatic nitrogens is 2. The van der Waals surface area contributed by atoms with Gasteiger partial charge in [-0.1, -0.05) is 0 Å². The second kappa shape index (κ2) is 5.71. The molecule has 1 saturated heterocycles. The molecule has 1 unspecified atom stereocenters. The lowest BCUT2D eigenvalue weighted by Gasteiger charge is -2.11. The zero-order valence-corrected chi connectivity index (χ0v) is 12.6. The number of fused-ring (bicyclic) bond motifs is 1. The van der Waals surface area contributed by atoms with Crippen LogP contribution >= 0.6 is 0 Å². The Balaban J connectivity index is 1.73. The third-order valence-corrected chi connectivity index (χ3v) is 3.93. The SMILES string of the molecule is Cc1nc2ccc(C(=O)NCC3CCC(=O)N3)cc2nc1C. The van der Waals surface area contributed by atoms with E-state index in [1.165, 1.54) is 0 Å². The molecule has 0 saturated carbocycles. The number of nitrogens with one attached hydrogen (secondary N) is 2. The van der Waals surface area contributed by atoms with Gasteiger partial charge in [-0.3, -0.25) is 9.59 Å². The third kappa shape index (κ3) is 2.90. The van der Waals surface area contributed by atoms with Gasteiger partial charge in [0, 0.05) is 24.6 Å². The molecule has 0 aliphatic carbocycles. The first-order chi connectivity index (χ1) is 10.5. The lowest BCUT2D eigenvalue weighted by Crippen LogP contribution is -2.38. The van der Waals surface area contributed by atoms with Crippen LogP contribution in [0, 0.1) is 13.8 Å². The number of hydrogen-bond acceptors (Lipinski definition) is 4. The molecule has 6 heteroatoms. The summed E-state index contributed by atoms with van der Waals surface area (Å²) in [6.45, 7) is 4.26. The summed E-state index contributed by atoms with van der Waals surface area (Å²) in [4.78, 5) is 32.3. The van der Waals surface area contributed by atoms with Crippen molar-refractivity contribution in [1.82, 2.24) is 20.6 Å². The van der Waals surface area contributed by atoms with Crippen molar-refractivity contribution < 1.29 is 9.59 Å². The van der Waals surface area contributed by atoms with E-state index in [2.05, 4.69) is 20.6 Å². The van der Waals surface area contributed by atoms with Gasteiger partial charge < -0.3 is 10.6 Å². The maximum Gasteiger partial charge on any atom is 0.251 e. The quantitative estimate of drug-likeness (QED) is 0.893. The topological polar surface area (TPSA) is 84.0 Å². The number of carbonyl (C=O) groups is 2. The molecular formula is C16H18N4O2. The zero-order valence-electron chi connectivity index (χ0n) is 12.6. The molecule has 22 heavy (non-hydrogen) atoms. The molecule has 2 aromatic rings. The van der Waals surface area contributed by atoms with Gasteiger partial charge in [-0.25, -0.2) is 9.97 Å². The second-order valence-electron chi connectivity index (χ2n) is 5.61. The van der Waals surface area contributed by atoms with Gasteiger partial charge >= 0.3 is 0 Å². The first kappa shape index (κ1) is 14.4. The van der Waals surface area contributed by atoms with Crippen LogP contribution in [-0.4, -0.2) is 34.4 Å². The lowest BCUT2D eigenvalue weighted by molar-refractivity contribution is -0.119. The summed E-state index contributed by atoms with van der Waals surface area (Å²) in [6, 6.07) is 5.33. The average molecular weight is 298 g/mol. The molecule has 2 N–H and O–H groups in total. The molecular weight excluding hydrogens is 280 g/mol. The highest BCUT2D eigenvalue weighted by atomic mass is 16.2. The zero-order chi connectivity index (χ0) is 15.7. The number of carbonyl (C=O) groups excluding carboxylic acids is 2. The van der Waals surface area contributed by atoms with E-state index in [1.807, 2.05) is 13.8 Å². The Hall–Kier alpha value is -2.50. The molecule has 0 radical (unpaired) electrons. The van der Waals surface area contributed by atoms with Crippen LogP contribution in [0.4, 0.5) is 0 Å². The molecule has 1 aliphatic heterocycles. The summed E-state index contributed by atoms with van der Waals surface area (Å²) in [6.07, 6.45) is 1.30. The fourth-order valence-corrected chi connectivity index (χ4v) is 2.52. The van der Waals surface area contributed by atoms with E-state index in [0.29, 0.717) is 24.0 Å². The molecule has 2 amide bonds. The Kier molecular flexibility index (Phi) is 3.75. The smallest absolute Gasteiger partial charge is 0.251 e. The van der Waals surface area contributed by atoms with E-state index < -0.39 is 0 Å². The molecule has 1 fully saturated rings. The summed E-state index contributed by atoms with van der Waals surface area (Å²) < 4.78 is 0. The number of rotatable bonds is 3. The van der Waals surface area contributed by atoms with Crippen molar-refractivity contribution in [2.24, 2.45) is 0 Å². The van der Waals surface area contributed by atoms with Crippen LogP contribution in [0.1, 0.15) is 34.6 Å². The largest absolute Gasteiger partial charge is 0.352 e. The minimum Gasteiger partial charge on any atom is -0.352 e. The normalized spacial score (nSPS) is 17.5. The summed E-state index contributed by atoms with van der Waals surface area (Å²) >= 11 is 0. The van der Waals surface area contributed by atoms with Crippen molar-refractivity contribution in [1.29, 1.82) is 0 Å². The van der Waals surface area contributed by atoms with Gasteiger partial charge in [0.1, 0.15) is 0 Å². The lowest BCUT2D eigenvalue weighted by atomic mass is 10.1. The summed E-state index contributed by atoms with van der Waals surface area (Å²) in [5.74, 6) is -0.117. The van der Waals surface area contributed by atoms with E-state index in [9.17, 15) is 9.59 Å². The molecule has 6 nitrogen and oxygen atoms in total. The molecule has 2 heterocycles. The average Bonchev–Trinajstić information content (AvgIpc) is 2.91. The number of amides is 2. The Morgan fingerprint density at radius 1 is 1.27 bits per heavy atom. The fourth-order valence-electron chi connectivity index (χ4n) is 2.52. The van der Waals surface area contributed by atoms with Gasteiger partial charge in [-0.15, -0.1) is 0 Å². The van der Waals surface area contributed by atoms with Crippen LogP contribution in [-0.2, 0) is 4.79 Å². The van der Waals surface area contributed by atoms with Gasteiger partial charge in [0.25, 0.3) is 5.91 Å². The highest BCUT2D eigenvalue weighted by Gasteiger charge is 2.21. The Labute approximate surface area is 128 Å². The summed E-state index contributed by atoms with van der Waals surface area (Å²) in [5.41, 5.74) is 3.79. The third-order valence-electron chi connectivity index (χ3n) is 3.93. The molecule has 1 atom stereocenters. The van der Waals surface area contributed by atoms with Crippen LogP contribution in [0.2, 0.25) is 0 Å². The van der Waals surface area contributed by atoms with Crippen LogP contribution in [0.3, 0.4) is 0 Å². The summed E-state index contributed by atoms with van der Waals surface area (Å²) in [7, 11) is 0. The monoisotopic (exact) mass is 298 g/mol. The highest BCUT2D eigenvalue weighted by Crippen LogP contribution is 2.14. The van der Waals surface area contributed by atoms with Crippen LogP contribution < -0.4 is 10.6 Å². The van der Waals surface area contributed by atoms with E-state index >= 15 is 0 Å². The van der Waals surface area contributed by atoms with Crippen molar-refractivity contribution in [3.8, 4) is 0 Å². The Bertz CT molecular complexity index is 757. The van der Waals surface area contributed by atoms with Crippen molar-refractivity contribution in [2.45, 2.75) is 32.7 Å². The van der Waals surface area contributed by atoms with Crippen molar-refractivity contribution in [3.63, 3.8) is 0 Å². The first-order valence-electron chi connectivity index (χ1n) is 7.35. The predicted molar refractivity (Wildman–Crippen MR) is 82.5 cm³/mol. The molecule has 3 rings (SSSR count). The van der Waals surface area contributed by atoms with Gasteiger partial charge in [-0.2, -0.15) is 0 Å². The van der Waals surface area contributed by atoms with Crippen LogP contribution in [0.5, 0.6) is 0 Å². The van der Waals surface area contributed by atoms with Crippen molar-refractivity contribution >= 4 is 22.8 Å². The minimum absolute atomic E-state index is 0.0293. The van der Waals surface area contributed by atoms with Crippen LogP contribution in [0.25, 0.3) is 11.0 Å². The number of nitrogens with zero attached hydrogens (tertiary/aromatic N) is 2. The molecule has 0 spiro atoms. The fraction of sp³-hybridized carbons (Fsp3) is 0.375. The molecule has 0 bridgehead atoms. The Morgan fingerprint density at radius 2 is 2.00 bits per heavy atom. The number of benzene rings is 1. The van der Waals surface area contributed by atoms with Gasteiger partial charge in [0.2, 0.25) is 5.91 Å². The van der Waals surface area contributed by atoms with Gasteiger partial charge in [0.15, 0.2) is 0 Å². The van der Waals surface area contributed by atoms with Crippen LogP contribution in [0.15, 0.2) is 18.2 Å². The highest BCUT2D eigenvalue weighted by molar-refractivity contribution is 5.97. The molecule has 114 valence electrons. The first-order valence-corrected chi connectivity index (χ1v) is 7.35. The van der Waals surface area contributed by atoms with E-state index in [-0.39, 0.29) is 17.9 Å². The minimum atomic E-state index is -0.164. The maximum absolute atomic E-state index is 12.2. The standard InChI is InChI=1S/C16H18N4O2/c1-9-10(2)19-14-7-11(3-5-13(14)18-9)16(22)17-8-12-4-6-15(21)20-12/h3,5,7,12H,4,6,8H2,1-2H3,(H,17,22)(H,20,21). The molecule has 1 aliphatic rings. The van der Waals surface area contributed by atoms with E-state index in [0.717, 1.165) is 23.3 Å². The number of aryl methyl sites for hydroxylation is 2. The Morgan fingerprint density at radius 3 is 2.68 bits per heavy atom. The maximum atomic E-state index is 12.2. The van der Waals surface area contributed by atoms with Crippen molar-refractivity contribution in [3.05, 3.63) is 35.2 Å². The molecule has 1 aromatic carbocycles. The van der Waals surface area contributed by atoms with E-state index in [1.54, 1.807) is 18.2 Å². The summed E-state index contributed by atoms with van der Waals surface area (Å²) in [5, 5.41) is 5.68. The van der Waals surface area contributed by atoms with Crippen molar-refractivity contribution in [2.75, 3.05) is 6.54 Å².